The minimum atomic E-state index is -3.18. The van der Waals surface area contributed by atoms with E-state index in [9.17, 15) is 33.1 Å². The maximum Gasteiger partial charge on any atom is 0.327 e. The second-order valence-electron chi connectivity index (χ2n) is 11.1. The highest BCUT2D eigenvalue weighted by molar-refractivity contribution is 8.00. The number of fused-ring (bicyclic) bond motifs is 2. The van der Waals surface area contributed by atoms with Crippen LogP contribution in [0.3, 0.4) is 0 Å². The zero-order chi connectivity index (χ0) is 26.6. The van der Waals surface area contributed by atoms with Crippen LogP contribution in [0.15, 0.2) is 0 Å². The fraction of sp³-hybridized carbons (Fsp3) is 0.833. The highest BCUT2D eigenvalue weighted by atomic mass is 32.2. The Morgan fingerprint density at radius 1 is 1.22 bits per heavy atom. The molecule has 0 aromatic rings. The van der Waals surface area contributed by atoms with E-state index in [2.05, 4.69) is 16.0 Å². The second kappa shape index (κ2) is 10.3. The van der Waals surface area contributed by atoms with Crippen molar-refractivity contribution in [2.45, 2.75) is 80.2 Å². The van der Waals surface area contributed by atoms with Crippen LogP contribution in [-0.2, 0) is 19.2 Å². The van der Waals surface area contributed by atoms with E-state index in [4.69, 9.17) is 0 Å². The third kappa shape index (κ3) is 4.60. The molecule has 10 atom stereocenters. The number of thioether (sulfide) groups is 1. The number of carboxylic acid groups (broad SMARTS) is 1. The maximum absolute atomic E-state index is 13.3. The fourth-order valence-corrected chi connectivity index (χ4v) is 8.97. The minimum Gasteiger partial charge on any atom is -0.480 e. The summed E-state index contributed by atoms with van der Waals surface area (Å²) < 4.78 is 25.4. The summed E-state index contributed by atoms with van der Waals surface area (Å²) >= 11 is 1.50. The van der Waals surface area contributed by atoms with Crippen molar-refractivity contribution in [1.29, 1.82) is 0 Å². The normalized spacial score (nSPS) is 39.8. The van der Waals surface area contributed by atoms with Gasteiger partial charge in [-0.05, 0) is 51.1 Å². The molecule has 13 heteroatoms. The zero-order valence-electron chi connectivity index (χ0n) is 20.9. The lowest BCUT2D eigenvalue weighted by Crippen LogP contribution is -2.68. The van der Waals surface area contributed by atoms with E-state index < -0.39 is 53.5 Å². The topological polar surface area (TPSA) is 131 Å². The van der Waals surface area contributed by atoms with Crippen LogP contribution in [0.5, 0.6) is 0 Å². The predicted octanol–water partition coefficient (Wildman–Crippen LogP) is -0.271. The van der Waals surface area contributed by atoms with Gasteiger partial charge in [-0.1, -0.05) is 6.92 Å². The van der Waals surface area contributed by atoms with E-state index in [0.29, 0.717) is 18.9 Å². The summed E-state index contributed by atoms with van der Waals surface area (Å²) in [6.45, 7) is 6.59. The first kappa shape index (κ1) is 26.6. The van der Waals surface area contributed by atoms with Gasteiger partial charge in [0.25, 0.3) is 5.91 Å². The Bertz CT molecular complexity index is 958. The van der Waals surface area contributed by atoms with Crippen molar-refractivity contribution in [3.05, 3.63) is 0 Å². The van der Waals surface area contributed by atoms with Crippen LogP contribution < -0.4 is 16.0 Å². The van der Waals surface area contributed by atoms with Crippen LogP contribution in [0.25, 0.3) is 0 Å². The van der Waals surface area contributed by atoms with E-state index in [0.717, 1.165) is 32.5 Å². The third-order valence-corrected chi connectivity index (χ3v) is 10.7. The molecular formula is C24H35F2N5O5S. The van der Waals surface area contributed by atoms with Crippen LogP contribution in [0.4, 0.5) is 8.78 Å². The number of hydrogen-bond acceptors (Lipinski definition) is 7. The Morgan fingerprint density at radius 3 is 2.68 bits per heavy atom. The number of β-lactam (4-membered cyclic amide) rings is 1. The van der Waals surface area contributed by atoms with Gasteiger partial charge in [-0.2, -0.15) is 20.5 Å². The molecule has 0 radical (unpaired) electrons. The van der Waals surface area contributed by atoms with Gasteiger partial charge in [-0.15, -0.1) is 0 Å². The minimum absolute atomic E-state index is 0.0119. The summed E-state index contributed by atoms with van der Waals surface area (Å²) in [5.74, 6) is -3.31. The monoisotopic (exact) mass is 543 g/mol. The molecule has 0 aliphatic carbocycles. The van der Waals surface area contributed by atoms with Gasteiger partial charge in [0.15, 0.2) is 0 Å². The van der Waals surface area contributed by atoms with Crippen LogP contribution in [0, 0.1) is 17.8 Å². The number of carbonyl (C=O) groups is 4. The van der Waals surface area contributed by atoms with E-state index in [-0.39, 0.29) is 29.2 Å². The molecule has 5 saturated heterocycles. The molecule has 4 unspecified atom stereocenters. The van der Waals surface area contributed by atoms with Crippen molar-refractivity contribution in [1.82, 2.24) is 25.8 Å². The Balaban J connectivity index is 1.23. The molecule has 0 aromatic heterocycles. The number of amides is 3. The van der Waals surface area contributed by atoms with Gasteiger partial charge < -0.3 is 30.9 Å². The number of hydrogen-bond donors (Lipinski definition) is 4. The number of piperidine rings is 1. The first-order chi connectivity index (χ1) is 17.6. The van der Waals surface area contributed by atoms with Crippen molar-refractivity contribution in [3.63, 3.8) is 0 Å². The molecule has 206 valence electrons. The summed E-state index contributed by atoms with van der Waals surface area (Å²) in [4.78, 5) is 53.4. The average molecular weight is 544 g/mol. The first-order valence-corrected chi connectivity index (χ1v) is 14.1. The van der Waals surface area contributed by atoms with Gasteiger partial charge in [0.1, 0.15) is 6.04 Å². The van der Waals surface area contributed by atoms with Crippen molar-refractivity contribution in [2.75, 3.05) is 26.2 Å². The summed E-state index contributed by atoms with van der Waals surface area (Å²) in [5.41, 5.74) is 0. The summed E-state index contributed by atoms with van der Waals surface area (Å²) in [6.07, 6.45) is -0.620. The molecule has 0 spiro atoms. The Labute approximate surface area is 218 Å². The molecule has 4 N–H and O–H groups in total. The highest BCUT2D eigenvalue weighted by Gasteiger charge is 2.65. The van der Waals surface area contributed by atoms with Crippen molar-refractivity contribution < 1.29 is 33.1 Å². The number of carboxylic acids is 1. The molecule has 0 bridgehead atoms. The molecule has 5 rings (SSSR count). The van der Waals surface area contributed by atoms with E-state index in [1.807, 2.05) is 11.8 Å². The fourth-order valence-electron chi connectivity index (χ4n) is 7.22. The van der Waals surface area contributed by atoms with Crippen LogP contribution in [0.2, 0.25) is 0 Å². The van der Waals surface area contributed by atoms with Gasteiger partial charge in [-0.25, -0.2) is 4.79 Å². The number of alkyl halides is 2. The first-order valence-electron chi connectivity index (χ1n) is 13.1. The van der Waals surface area contributed by atoms with Gasteiger partial charge in [0.2, 0.25) is 11.8 Å². The Hall–Kier alpha value is -1.99. The number of likely N-dealkylation sites (tertiary alicyclic amines) is 1. The maximum atomic E-state index is 13.3. The van der Waals surface area contributed by atoms with Crippen LogP contribution in [-0.4, -0.2) is 112 Å². The summed E-state index contributed by atoms with van der Waals surface area (Å²) in [6, 6.07) is -2.33. The quantitative estimate of drug-likeness (QED) is 0.323. The number of halogens is 2. The standard InChI is InChI=1S/C24H35F2N5O5S/c1-10-17-16(11(2)29-21(32)20(25)26)23(34)31(17)18(24(35)36)19(10)37-13-7-14(28-9-13)22(33)30-6-4-12-8-27-5-3-15(12)30/h10-20,27-28H,3-9H2,1-2H3,(H,29,32)(H,35,36)/t10-,11-,12?,13+,14+,15?,16-,17-,18?,19?/m1/s1. The molecule has 5 aliphatic rings. The number of carbonyl (C=O) groups excluding carboxylic acids is 3. The van der Waals surface area contributed by atoms with E-state index in [1.54, 1.807) is 0 Å². The molecule has 5 heterocycles. The van der Waals surface area contributed by atoms with Crippen LogP contribution in [0.1, 0.15) is 33.1 Å². The number of nitrogens with one attached hydrogen (secondary N) is 3. The van der Waals surface area contributed by atoms with Gasteiger partial charge in [0.05, 0.1) is 12.0 Å². The predicted molar refractivity (Wildman–Crippen MR) is 131 cm³/mol. The molecule has 5 fully saturated rings. The third-order valence-electron chi connectivity index (χ3n) is 8.99. The summed E-state index contributed by atoms with van der Waals surface area (Å²) in [5, 5.41) is 18.5. The summed E-state index contributed by atoms with van der Waals surface area (Å²) in [7, 11) is 0. The van der Waals surface area contributed by atoms with Gasteiger partial charge in [-0.3, -0.25) is 14.4 Å². The number of nitrogens with zero attached hydrogens (tertiary/aromatic N) is 2. The Morgan fingerprint density at radius 2 is 1.97 bits per heavy atom. The highest BCUT2D eigenvalue weighted by Crippen LogP contribution is 2.50. The van der Waals surface area contributed by atoms with E-state index >= 15 is 0 Å². The molecular weight excluding hydrogens is 508 g/mol. The van der Waals surface area contributed by atoms with Gasteiger partial charge >= 0.3 is 12.4 Å². The van der Waals surface area contributed by atoms with Crippen molar-refractivity contribution in [2.24, 2.45) is 17.8 Å². The van der Waals surface area contributed by atoms with Crippen molar-refractivity contribution >= 4 is 35.5 Å². The second-order valence-corrected chi connectivity index (χ2v) is 12.5. The molecule has 0 saturated carbocycles. The van der Waals surface area contributed by atoms with E-state index in [1.165, 1.54) is 23.6 Å². The van der Waals surface area contributed by atoms with Crippen molar-refractivity contribution in [3.8, 4) is 0 Å². The lowest BCUT2D eigenvalue weighted by molar-refractivity contribution is -0.166. The smallest absolute Gasteiger partial charge is 0.327 e. The SMILES string of the molecule is C[C@@H](NC(=O)C(F)F)[C@H]1C(=O)N2C(C(=O)O)C(S[C@@H]3CN[C@H](C(=O)N4CCC5CNCCC54)C3)[C@H](C)[C@H]12. The zero-order valence-corrected chi connectivity index (χ0v) is 21.8. The average Bonchev–Trinajstić information content (AvgIpc) is 3.55. The molecule has 3 amide bonds. The van der Waals surface area contributed by atoms with Gasteiger partial charge in [0, 0.05) is 41.7 Å². The molecule has 0 aromatic carbocycles. The Kier molecular flexibility index (Phi) is 7.40. The molecule has 10 nitrogen and oxygen atoms in total. The lowest BCUT2D eigenvalue weighted by Gasteiger charge is -2.48. The molecule has 5 aliphatic heterocycles. The molecule has 37 heavy (non-hydrogen) atoms. The van der Waals surface area contributed by atoms with Crippen LogP contribution >= 0.6 is 11.8 Å². The number of rotatable bonds is 7. The lowest BCUT2D eigenvalue weighted by atomic mass is 9.78. The largest absolute Gasteiger partial charge is 0.480 e. The number of aliphatic carboxylic acids is 1.